The molecule has 178 valence electrons. The molecule has 10 heteroatoms. The van der Waals surface area contributed by atoms with Crippen LogP contribution in [0.5, 0.6) is 5.75 Å². The van der Waals surface area contributed by atoms with Crippen LogP contribution in [0.3, 0.4) is 0 Å². The average Bonchev–Trinajstić information content (AvgIpc) is 2.82. The van der Waals surface area contributed by atoms with E-state index in [-0.39, 0.29) is 13.1 Å². The number of hydrogen-bond acceptors (Lipinski definition) is 6. The number of benzene rings is 2. The Kier molecular flexibility index (Phi) is 6.58. The summed E-state index contributed by atoms with van der Waals surface area (Å²) in [6, 6.07) is 10.3. The van der Waals surface area contributed by atoms with Crippen LogP contribution in [0.15, 0.2) is 36.4 Å². The molecule has 0 unspecified atom stereocenters. The Morgan fingerprint density at radius 3 is 2.29 bits per heavy atom. The average molecular weight is 471 g/mol. The molecule has 1 aliphatic heterocycles. The van der Waals surface area contributed by atoms with E-state index in [1.807, 2.05) is 49.1 Å². The normalized spacial score (nSPS) is 13.7. The van der Waals surface area contributed by atoms with Crippen molar-refractivity contribution in [2.45, 2.75) is 13.8 Å². The predicted molar refractivity (Wildman–Crippen MR) is 122 cm³/mol. The molecule has 1 aliphatic rings. The Labute approximate surface area is 195 Å². The molecule has 34 heavy (non-hydrogen) atoms. The highest BCUT2D eigenvalue weighted by molar-refractivity contribution is 5.95. The fourth-order valence-corrected chi connectivity index (χ4v) is 3.74. The van der Waals surface area contributed by atoms with Gasteiger partial charge in [-0.1, -0.05) is 17.7 Å². The number of nitrogens with zero attached hydrogens (tertiary/aromatic N) is 4. The molecule has 3 aromatic rings. The van der Waals surface area contributed by atoms with E-state index in [2.05, 4.69) is 20.0 Å². The van der Waals surface area contributed by atoms with Crippen molar-refractivity contribution in [2.24, 2.45) is 0 Å². The highest BCUT2D eigenvalue weighted by atomic mass is 19.2. The van der Waals surface area contributed by atoms with Crippen LogP contribution in [0.1, 0.15) is 21.6 Å². The molecule has 0 bridgehead atoms. The first-order chi connectivity index (χ1) is 16.3. The van der Waals surface area contributed by atoms with Crippen molar-refractivity contribution < 1.29 is 22.7 Å². The first-order valence-electron chi connectivity index (χ1n) is 10.7. The monoisotopic (exact) mass is 471 g/mol. The zero-order chi connectivity index (χ0) is 24.4. The molecular formula is C24H24F3N5O2. The molecule has 1 amide bonds. The third kappa shape index (κ3) is 4.75. The molecular weight excluding hydrogens is 447 g/mol. The van der Waals surface area contributed by atoms with Crippen molar-refractivity contribution in [1.82, 2.24) is 14.9 Å². The Bertz CT molecular complexity index is 1210. The predicted octanol–water partition coefficient (Wildman–Crippen LogP) is 4.23. The summed E-state index contributed by atoms with van der Waals surface area (Å²) in [7, 11) is 1.01. The van der Waals surface area contributed by atoms with Crippen molar-refractivity contribution in [3.8, 4) is 5.75 Å². The highest BCUT2D eigenvalue weighted by Crippen LogP contribution is 2.28. The second kappa shape index (κ2) is 9.58. The lowest BCUT2D eigenvalue weighted by atomic mass is 10.1. The van der Waals surface area contributed by atoms with Gasteiger partial charge < -0.3 is 19.9 Å². The first-order valence-corrected chi connectivity index (χ1v) is 10.7. The molecule has 0 aliphatic carbocycles. The summed E-state index contributed by atoms with van der Waals surface area (Å²) in [5, 5.41) is 3.26. The molecule has 4 rings (SSSR count). The minimum absolute atomic E-state index is 0.234. The van der Waals surface area contributed by atoms with Gasteiger partial charge in [0.25, 0.3) is 5.91 Å². The number of carbonyl (C=O) groups is 1. The van der Waals surface area contributed by atoms with Crippen LogP contribution in [-0.4, -0.2) is 54.1 Å². The molecule has 2 aromatic carbocycles. The topological polar surface area (TPSA) is 70.6 Å². The van der Waals surface area contributed by atoms with E-state index >= 15 is 0 Å². The molecule has 1 saturated heterocycles. The number of anilines is 3. The van der Waals surface area contributed by atoms with E-state index < -0.39 is 34.7 Å². The van der Waals surface area contributed by atoms with Crippen molar-refractivity contribution >= 4 is 23.4 Å². The number of halogens is 3. The molecule has 0 spiro atoms. The largest absolute Gasteiger partial charge is 0.491 e. The summed E-state index contributed by atoms with van der Waals surface area (Å²) in [5.41, 5.74) is 2.25. The third-order valence-electron chi connectivity index (χ3n) is 5.57. The van der Waals surface area contributed by atoms with Crippen LogP contribution in [-0.2, 0) is 0 Å². The number of methoxy groups -OCH3 is 1. The van der Waals surface area contributed by atoms with Gasteiger partial charge in [-0.15, -0.1) is 0 Å². The van der Waals surface area contributed by atoms with Gasteiger partial charge in [0.1, 0.15) is 5.82 Å². The Hall–Kier alpha value is -3.82. The standard InChI is InChI=1S/C24H24F3N5O2/c1-14-4-6-16(7-5-14)29-19-12-15(2)28-24(30-19)32-10-8-31(9-11-32)23(33)17-13-18(25)21(27)22(34-3)20(17)26/h4-7,12-13H,8-11H2,1-3H3,(H,28,29,30). The number of piperazine rings is 1. The van der Waals surface area contributed by atoms with Gasteiger partial charge in [0.05, 0.1) is 12.7 Å². The van der Waals surface area contributed by atoms with Gasteiger partial charge in [-0.25, -0.2) is 13.8 Å². The summed E-state index contributed by atoms with van der Waals surface area (Å²) in [6.07, 6.45) is 0. The zero-order valence-electron chi connectivity index (χ0n) is 19.0. The maximum atomic E-state index is 14.5. The van der Waals surface area contributed by atoms with E-state index in [0.717, 1.165) is 24.1 Å². The third-order valence-corrected chi connectivity index (χ3v) is 5.57. The second-order valence-electron chi connectivity index (χ2n) is 8.03. The fraction of sp³-hybridized carbons (Fsp3) is 0.292. The van der Waals surface area contributed by atoms with Crippen LogP contribution < -0.4 is 15.0 Å². The molecule has 2 heterocycles. The zero-order valence-corrected chi connectivity index (χ0v) is 19.0. The Morgan fingerprint density at radius 1 is 0.971 bits per heavy atom. The van der Waals surface area contributed by atoms with Crippen molar-refractivity contribution in [3.63, 3.8) is 0 Å². The summed E-state index contributed by atoms with van der Waals surface area (Å²) in [5.74, 6) is -4.54. The smallest absolute Gasteiger partial charge is 0.257 e. The number of aromatic nitrogens is 2. The van der Waals surface area contributed by atoms with E-state index in [4.69, 9.17) is 0 Å². The molecule has 0 radical (unpaired) electrons. The van der Waals surface area contributed by atoms with E-state index in [1.165, 1.54) is 4.90 Å². The van der Waals surface area contributed by atoms with Gasteiger partial charge in [0, 0.05) is 43.6 Å². The van der Waals surface area contributed by atoms with Crippen LogP contribution in [0, 0.1) is 31.3 Å². The number of rotatable bonds is 5. The molecule has 0 atom stereocenters. The molecule has 1 aromatic heterocycles. The Balaban J connectivity index is 1.47. The van der Waals surface area contributed by atoms with Crippen LogP contribution >= 0.6 is 0 Å². The minimum Gasteiger partial charge on any atom is -0.491 e. The number of hydrogen-bond donors (Lipinski definition) is 1. The van der Waals surface area contributed by atoms with E-state index in [1.54, 1.807) is 0 Å². The van der Waals surface area contributed by atoms with Crippen molar-refractivity contribution in [3.05, 3.63) is 70.7 Å². The van der Waals surface area contributed by atoms with E-state index in [9.17, 15) is 18.0 Å². The van der Waals surface area contributed by atoms with Crippen molar-refractivity contribution in [2.75, 3.05) is 43.5 Å². The van der Waals surface area contributed by atoms with E-state index in [0.29, 0.717) is 30.9 Å². The van der Waals surface area contributed by atoms with Gasteiger partial charge in [0.15, 0.2) is 17.4 Å². The minimum atomic E-state index is -1.46. The quantitative estimate of drug-likeness (QED) is 0.562. The van der Waals surface area contributed by atoms with Gasteiger partial charge in [-0.2, -0.15) is 9.37 Å². The number of ether oxygens (including phenoxy) is 1. The van der Waals surface area contributed by atoms with Crippen LogP contribution in [0.2, 0.25) is 0 Å². The van der Waals surface area contributed by atoms with Gasteiger partial charge in [-0.3, -0.25) is 4.79 Å². The summed E-state index contributed by atoms with van der Waals surface area (Å²) in [4.78, 5) is 25.2. The molecule has 7 nitrogen and oxygen atoms in total. The summed E-state index contributed by atoms with van der Waals surface area (Å²) >= 11 is 0. The lowest BCUT2D eigenvalue weighted by molar-refractivity contribution is 0.0739. The summed E-state index contributed by atoms with van der Waals surface area (Å²) in [6.45, 7) is 5.13. The molecule has 1 fully saturated rings. The lowest BCUT2D eigenvalue weighted by Gasteiger charge is -2.35. The second-order valence-corrected chi connectivity index (χ2v) is 8.03. The SMILES string of the molecule is COc1c(F)c(F)cc(C(=O)N2CCN(c3nc(C)cc(Nc4ccc(C)cc4)n3)CC2)c1F. The van der Waals surface area contributed by atoms with Crippen molar-refractivity contribution in [1.29, 1.82) is 0 Å². The first kappa shape index (κ1) is 23.3. The Morgan fingerprint density at radius 2 is 1.65 bits per heavy atom. The van der Waals surface area contributed by atoms with Gasteiger partial charge >= 0.3 is 0 Å². The van der Waals surface area contributed by atoms with Crippen LogP contribution in [0.25, 0.3) is 0 Å². The highest BCUT2D eigenvalue weighted by Gasteiger charge is 2.29. The maximum absolute atomic E-state index is 14.5. The maximum Gasteiger partial charge on any atom is 0.257 e. The van der Waals surface area contributed by atoms with Crippen LogP contribution in [0.4, 0.5) is 30.6 Å². The number of carbonyl (C=O) groups excluding carboxylic acids is 1. The number of nitrogens with one attached hydrogen (secondary N) is 1. The number of amides is 1. The molecule has 0 saturated carbocycles. The van der Waals surface area contributed by atoms with Gasteiger partial charge in [-0.05, 0) is 32.0 Å². The fourth-order valence-electron chi connectivity index (χ4n) is 3.74. The lowest BCUT2D eigenvalue weighted by Crippen LogP contribution is -2.49. The summed E-state index contributed by atoms with van der Waals surface area (Å²) < 4.78 is 46.7. The molecule has 1 N–H and O–H groups in total. The van der Waals surface area contributed by atoms with Gasteiger partial charge in [0.2, 0.25) is 11.8 Å². The number of aryl methyl sites for hydroxylation is 2.